The molecular weight excluding hydrogens is 352 g/mol. The van der Waals surface area contributed by atoms with Crippen LogP contribution in [0.2, 0.25) is 0 Å². The summed E-state index contributed by atoms with van der Waals surface area (Å²) in [7, 11) is -3.48. The highest BCUT2D eigenvalue weighted by atomic mass is 32.2. The van der Waals surface area contributed by atoms with Gasteiger partial charge in [-0.15, -0.1) is 5.10 Å². The van der Waals surface area contributed by atoms with Gasteiger partial charge in [-0.3, -0.25) is 0 Å². The van der Waals surface area contributed by atoms with Gasteiger partial charge in [-0.05, 0) is 43.2 Å². The number of hydrogen-bond acceptors (Lipinski definition) is 5. The van der Waals surface area contributed by atoms with Gasteiger partial charge in [0, 0.05) is 37.6 Å². The zero-order chi connectivity index (χ0) is 17.7. The SMILES string of the molecule is O=S(=O)(c1ccc(-n2cccn2)cc1)N1CC(n2cc(C3CC3)nn2)C1. The first-order chi connectivity index (χ1) is 12.6. The van der Waals surface area contributed by atoms with Crippen molar-refractivity contribution >= 4 is 10.0 Å². The van der Waals surface area contributed by atoms with Crippen LogP contribution in [0.1, 0.15) is 30.5 Å². The summed E-state index contributed by atoms with van der Waals surface area (Å²) in [6.45, 7) is 0.855. The summed E-state index contributed by atoms with van der Waals surface area (Å²) in [6, 6.07) is 8.66. The highest BCUT2D eigenvalue weighted by Crippen LogP contribution is 2.39. The average molecular weight is 370 g/mol. The van der Waals surface area contributed by atoms with E-state index in [1.165, 1.54) is 17.1 Å². The van der Waals surface area contributed by atoms with Crippen LogP contribution in [0.15, 0.2) is 53.8 Å². The minimum Gasteiger partial charge on any atom is -0.247 e. The standard InChI is InChI=1S/C17H18N6O2S/c24-26(25,16-6-4-14(5-7-16)22-9-1-8-18-22)21-10-15(11-21)23-12-17(19-20-23)13-2-3-13/h1,4-9,12-13,15H,2-3,10-11H2. The fourth-order valence-corrected chi connectivity index (χ4v) is 4.67. The van der Waals surface area contributed by atoms with Crippen molar-refractivity contribution in [1.29, 1.82) is 0 Å². The second kappa shape index (κ2) is 5.75. The van der Waals surface area contributed by atoms with Gasteiger partial charge in [0.2, 0.25) is 10.0 Å². The molecular formula is C17H18N6O2S. The van der Waals surface area contributed by atoms with Crippen molar-refractivity contribution in [2.75, 3.05) is 13.1 Å². The van der Waals surface area contributed by atoms with Gasteiger partial charge in [-0.25, -0.2) is 17.8 Å². The van der Waals surface area contributed by atoms with Gasteiger partial charge in [0.05, 0.1) is 22.3 Å². The summed E-state index contributed by atoms with van der Waals surface area (Å²) in [4.78, 5) is 0.295. The Morgan fingerprint density at radius 2 is 1.85 bits per heavy atom. The average Bonchev–Trinajstić information content (AvgIpc) is 3.09. The Hall–Kier alpha value is -2.52. The van der Waals surface area contributed by atoms with Crippen LogP contribution in [0.25, 0.3) is 5.69 Å². The van der Waals surface area contributed by atoms with Crippen LogP contribution in [-0.4, -0.2) is 50.6 Å². The van der Waals surface area contributed by atoms with E-state index in [0.29, 0.717) is 23.9 Å². The lowest BCUT2D eigenvalue weighted by atomic mass is 10.2. The molecule has 9 heteroatoms. The van der Waals surface area contributed by atoms with E-state index in [0.717, 1.165) is 11.4 Å². The molecule has 1 aromatic carbocycles. The molecule has 26 heavy (non-hydrogen) atoms. The van der Waals surface area contributed by atoms with E-state index in [1.807, 2.05) is 18.5 Å². The number of sulfonamides is 1. The number of hydrogen-bond donors (Lipinski definition) is 0. The molecule has 2 aliphatic rings. The number of benzene rings is 1. The fraction of sp³-hybridized carbons (Fsp3) is 0.353. The van der Waals surface area contributed by atoms with Crippen LogP contribution >= 0.6 is 0 Å². The van der Waals surface area contributed by atoms with Crippen molar-refractivity contribution in [2.45, 2.75) is 29.7 Å². The highest BCUT2D eigenvalue weighted by Gasteiger charge is 2.39. The predicted octanol–water partition coefficient (Wildman–Crippen LogP) is 1.59. The third-order valence-electron chi connectivity index (χ3n) is 4.97. The van der Waals surface area contributed by atoms with Gasteiger partial charge in [0.25, 0.3) is 0 Å². The van der Waals surface area contributed by atoms with E-state index in [4.69, 9.17) is 0 Å². The van der Waals surface area contributed by atoms with Gasteiger partial charge in [0.1, 0.15) is 0 Å². The lowest BCUT2D eigenvalue weighted by Gasteiger charge is -2.37. The molecule has 0 bridgehead atoms. The van der Waals surface area contributed by atoms with E-state index in [9.17, 15) is 8.42 Å². The van der Waals surface area contributed by atoms with E-state index in [1.54, 1.807) is 39.8 Å². The largest absolute Gasteiger partial charge is 0.247 e. The lowest BCUT2D eigenvalue weighted by Crippen LogP contribution is -2.50. The first-order valence-electron chi connectivity index (χ1n) is 8.63. The monoisotopic (exact) mass is 370 g/mol. The maximum atomic E-state index is 12.8. The summed E-state index contributed by atoms with van der Waals surface area (Å²) in [5.74, 6) is 0.553. The third-order valence-corrected chi connectivity index (χ3v) is 6.82. The summed E-state index contributed by atoms with van der Waals surface area (Å²) in [6.07, 6.45) is 7.82. The Morgan fingerprint density at radius 3 is 2.50 bits per heavy atom. The Kier molecular flexibility index (Phi) is 3.47. The molecule has 3 aromatic rings. The molecule has 1 aliphatic carbocycles. The molecule has 5 rings (SSSR count). The zero-order valence-corrected chi connectivity index (χ0v) is 14.8. The van der Waals surface area contributed by atoms with Crippen LogP contribution in [0.4, 0.5) is 0 Å². The maximum absolute atomic E-state index is 12.8. The van der Waals surface area contributed by atoms with Crippen LogP contribution in [0.5, 0.6) is 0 Å². The Bertz CT molecular complexity index is 1020. The lowest BCUT2D eigenvalue weighted by molar-refractivity contribution is 0.189. The third kappa shape index (κ3) is 2.63. The van der Waals surface area contributed by atoms with E-state index in [2.05, 4.69) is 15.4 Å². The van der Waals surface area contributed by atoms with Crippen LogP contribution in [0, 0.1) is 0 Å². The second-order valence-corrected chi connectivity index (χ2v) is 8.76. The van der Waals surface area contributed by atoms with Crippen molar-refractivity contribution in [3.63, 3.8) is 0 Å². The molecule has 134 valence electrons. The molecule has 8 nitrogen and oxygen atoms in total. The zero-order valence-electron chi connectivity index (χ0n) is 14.0. The van der Waals surface area contributed by atoms with Crippen molar-refractivity contribution in [2.24, 2.45) is 0 Å². The number of aromatic nitrogens is 5. The van der Waals surface area contributed by atoms with E-state index < -0.39 is 10.0 Å². The molecule has 1 saturated carbocycles. The first-order valence-corrected chi connectivity index (χ1v) is 10.1. The molecule has 0 amide bonds. The van der Waals surface area contributed by atoms with Gasteiger partial charge < -0.3 is 0 Å². The van der Waals surface area contributed by atoms with Crippen LogP contribution in [-0.2, 0) is 10.0 Å². The number of rotatable bonds is 5. The normalized spacial score (nSPS) is 18.8. The Labute approximate surface area is 151 Å². The summed E-state index contributed by atoms with van der Waals surface area (Å²) < 4.78 is 30.5. The molecule has 1 saturated heterocycles. The fourth-order valence-electron chi connectivity index (χ4n) is 3.16. The van der Waals surface area contributed by atoms with Crippen molar-refractivity contribution in [1.82, 2.24) is 29.1 Å². The molecule has 0 atom stereocenters. The predicted molar refractivity (Wildman–Crippen MR) is 93.4 cm³/mol. The second-order valence-electron chi connectivity index (χ2n) is 6.82. The maximum Gasteiger partial charge on any atom is 0.243 e. The molecule has 3 heterocycles. The van der Waals surface area contributed by atoms with Gasteiger partial charge in [-0.1, -0.05) is 5.21 Å². The van der Waals surface area contributed by atoms with Gasteiger partial charge >= 0.3 is 0 Å². The highest BCUT2D eigenvalue weighted by molar-refractivity contribution is 7.89. The number of nitrogens with zero attached hydrogens (tertiary/aromatic N) is 6. The Balaban J connectivity index is 1.29. The van der Waals surface area contributed by atoms with E-state index in [-0.39, 0.29) is 6.04 Å². The smallest absolute Gasteiger partial charge is 0.243 e. The van der Waals surface area contributed by atoms with Crippen molar-refractivity contribution < 1.29 is 8.42 Å². The van der Waals surface area contributed by atoms with Crippen LogP contribution in [0.3, 0.4) is 0 Å². The molecule has 2 fully saturated rings. The minimum absolute atomic E-state index is 0.0631. The van der Waals surface area contributed by atoms with Crippen LogP contribution < -0.4 is 0 Å². The van der Waals surface area contributed by atoms with Gasteiger partial charge in [-0.2, -0.15) is 9.40 Å². The van der Waals surface area contributed by atoms with E-state index >= 15 is 0 Å². The molecule has 0 unspecified atom stereocenters. The molecule has 1 aliphatic heterocycles. The molecule has 2 aromatic heterocycles. The molecule has 0 radical (unpaired) electrons. The first kappa shape index (κ1) is 15.7. The van der Waals surface area contributed by atoms with Gasteiger partial charge in [0.15, 0.2) is 0 Å². The minimum atomic E-state index is -3.48. The molecule has 0 spiro atoms. The van der Waals surface area contributed by atoms with Crippen molar-refractivity contribution in [3.05, 3.63) is 54.6 Å². The quantitative estimate of drug-likeness (QED) is 0.681. The summed E-state index contributed by atoms with van der Waals surface area (Å²) in [5, 5.41) is 12.5. The molecule has 0 N–H and O–H groups in total. The Morgan fingerprint density at radius 1 is 1.08 bits per heavy atom. The van der Waals surface area contributed by atoms with Crippen molar-refractivity contribution in [3.8, 4) is 5.69 Å². The topological polar surface area (TPSA) is 85.9 Å². The summed E-state index contributed by atoms with van der Waals surface area (Å²) >= 11 is 0. The summed E-state index contributed by atoms with van der Waals surface area (Å²) in [5.41, 5.74) is 1.85.